The number of nitro groups is 1. The average molecular weight is 367 g/mol. The van der Waals surface area contributed by atoms with Crippen LogP contribution in [0, 0.1) is 10.1 Å². The molecule has 2 aromatic carbocycles. The van der Waals surface area contributed by atoms with Crippen molar-refractivity contribution in [3.63, 3.8) is 0 Å². The highest BCUT2D eigenvalue weighted by molar-refractivity contribution is 5.96. The lowest BCUT2D eigenvalue weighted by molar-refractivity contribution is -0.384. The van der Waals surface area contributed by atoms with Crippen molar-refractivity contribution in [1.82, 2.24) is 5.16 Å². The number of carbonyl (C=O) groups excluding carboxylic acids is 1. The fourth-order valence-corrected chi connectivity index (χ4v) is 2.53. The summed E-state index contributed by atoms with van der Waals surface area (Å²) in [6.07, 6.45) is 0. The predicted molar refractivity (Wildman–Crippen MR) is 98.5 cm³/mol. The van der Waals surface area contributed by atoms with E-state index in [9.17, 15) is 14.9 Å². The number of benzene rings is 2. The Morgan fingerprint density at radius 3 is 2.59 bits per heavy atom. The van der Waals surface area contributed by atoms with E-state index in [0.29, 0.717) is 17.1 Å². The molecule has 8 heteroatoms. The Hall–Kier alpha value is -3.68. The summed E-state index contributed by atoms with van der Waals surface area (Å²) >= 11 is 0. The van der Waals surface area contributed by atoms with Crippen LogP contribution in [0.2, 0.25) is 0 Å². The number of non-ortho nitro benzene ring substituents is 1. The first-order valence-electron chi connectivity index (χ1n) is 8.09. The summed E-state index contributed by atoms with van der Waals surface area (Å²) in [4.78, 5) is 24.6. The number of carbonyl (C=O) groups is 1. The summed E-state index contributed by atoms with van der Waals surface area (Å²) in [5, 5.41) is 14.9. The smallest absolute Gasteiger partial charge is 0.340 e. The first-order valence-corrected chi connectivity index (χ1v) is 8.09. The minimum absolute atomic E-state index is 0.106. The standard InChI is InChI=1S/C19H17N3O5/c1-21(2)17-9-8-15(22(24)25)11-16(17)19(23)26-12-14-10-18(27-20-14)13-6-4-3-5-7-13/h3-11H,12H2,1-2H3. The maximum absolute atomic E-state index is 12.5. The lowest BCUT2D eigenvalue weighted by Gasteiger charge is -2.16. The number of nitrogens with zero attached hydrogens (tertiary/aromatic N) is 3. The number of aromatic nitrogens is 1. The van der Waals surface area contributed by atoms with Gasteiger partial charge in [0.05, 0.1) is 16.2 Å². The van der Waals surface area contributed by atoms with Gasteiger partial charge in [-0.2, -0.15) is 0 Å². The Bertz CT molecular complexity index is 966. The van der Waals surface area contributed by atoms with E-state index in [2.05, 4.69) is 5.16 Å². The van der Waals surface area contributed by atoms with Crippen molar-refractivity contribution in [2.45, 2.75) is 6.61 Å². The fraction of sp³-hybridized carbons (Fsp3) is 0.158. The van der Waals surface area contributed by atoms with Gasteiger partial charge in [-0.05, 0) is 6.07 Å². The number of rotatable bonds is 6. The molecule has 3 rings (SSSR count). The number of hydrogen-bond acceptors (Lipinski definition) is 7. The van der Waals surface area contributed by atoms with Crippen LogP contribution in [0.15, 0.2) is 59.1 Å². The van der Waals surface area contributed by atoms with Gasteiger partial charge >= 0.3 is 5.97 Å². The molecule has 0 aliphatic carbocycles. The van der Waals surface area contributed by atoms with E-state index in [1.807, 2.05) is 30.3 Å². The third-order valence-corrected chi connectivity index (χ3v) is 3.86. The highest BCUT2D eigenvalue weighted by Gasteiger charge is 2.20. The molecule has 138 valence electrons. The summed E-state index contributed by atoms with van der Waals surface area (Å²) in [5.41, 5.74) is 1.76. The Balaban J connectivity index is 1.75. The van der Waals surface area contributed by atoms with E-state index in [1.54, 1.807) is 25.1 Å². The average Bonchev–Trinajstić information content (AvgIpc) is 3.15. The zero-order valence-corrected chi connectivity index (χ0v) is 14.8. The molecule has 0 bridgehead atoms. The Labute approximate surface area is 155 Å². The van der Waals surface area contributed by atoms with Gasteiger partial charge in [0.1, 0.15) is 12.3 Å². The van der Waals surface area contributed by atoms with Crippen LogP contribution < -0.4 is 4.90 Å². The highest BCUT2D eigenvalue weighted by Crippen LogP contribution is 2.26. The summed E-state index contributed by atoms with van der Waals surface area (Å²) in [7, 11) is 3.48. The molecule has 0 spiro atoms. The molecule has 3 aromatic rings. The second kappa shape index (κ2) is 7.69. The fourth-order valence-electron chi connectivity index (χ4n) is 2.53. The van der Waals surface area contributed by atoms with Gasteiger partial charge in [-0.1, -0.05) is 35.5 Å². The van der Waals surface area contributed by atoms with E-state index in [4.69, 9.17) is 9.26 Å². The highest BCUT2D eigenvalue weighted by atomic mass is 16.6. The van der Waals surface area contributed by atoms with Crippen LogP contribution in [0.4, 0.5) is 11.4 Å². The molecular weight excluding hydrogens is 350 g/mol. The molecule has 0 fully saturated rings. The first kappa shape index (κ1) is 18.1. The molecule has 0 saturated heterocycles. The van der Waals surface area contributed by atoms with Gasteiger partial charge in [0, 0.05) is 37.9 Å². The van der Waals surface area contributed by atoms with Crippen molar-refractivity contribution in [3.05, 3.63) is 76.0 Å². The summed E-state index contributed by atoms with van der Waals surface area (Å²) in [5.74, 6) is -0.113. The van der Waals surface area contributed by atoms with Gasteiger partial charge in [0.25, 0.3) is 5.69 Å². The van der Waals surface area contributed by atoms with E-state index in [-0.39, 0.29) is 17.9 Å². The van der Waals surface area contributed by atoms with Gasteiger partial charge in [0.15, 0.2) is 5.76 Å². The molecular formula is C19H17N3O5. The van der Waals surface area contributed by atoms with Crippen molar-refractivity contribution in [3.8, 4) is 11.3 Å². The van der Waals surface area contributed by atoms with Crippen LogP contribution in [0.5, 0.6) is 0 Å². The second-order valence-electron chi connectivity index (χ2n) is 5.98. The maximum atomic E-state index is 12.5. The third kappa shape index (κ3) is 4.12. The molecule has 0 atom stereocenters. The molecule has 0 aliphatic rings. The number of nitro benzene ring substituents is 1. The summed E-state index contributed by atoms with van der Waals surface area (Å²) < 4.78 is 10.5. The molecule has 1 heterocycles. The zero-order chi connectivity index (χ0) is 19.4. The number of anilines is 1. The first-order chi connectivity index (χ1) is 13.0. The van der Waals surface area contributed by atoms with Gasteiger partial charge in [-0.3, -0.25) is 10.1 Å². The van der Waals surface area contributed by atoms with Gasteiger partial charge in [0.2, 0.25) is 0 Å². The van der Waals surface area contributed by atoms with Gasteiger partial charge in [-0.15, -0.1) is 0 Å². The van der Waals surface area contributed by atoms with Crippen molar-refractivity contribution < 1.29 is 19.0 Å². The summed E-state index contributed by atoms with van der Waals surface area (Å²) in [6, 6.07) is 15.1. The molecule has 0 N–H and O–H groups in total. The second-order valence-corrected chi connectivity index (χ2v) is 5.98. The van der Waals surface area contributed by atoms with E-state index < -0.39 is 10.9 Å². The van der Waals surface area contributed by atoms with Crippen LogP contribution in [-0.4, -0.2) is 30.1 Å². The SMILES string of the molecule is CN(C)c1ccc([N+](=O)[O-])cc1C(=O)OCc1cc(-c2ccccc2)on1. The van der Waals surface area contributed by atoms with E-state index >= 15 is 0 Å². The molecule has 8 nitrogen and oxygen atoms in total. The molecule has 0 aliphatic heterocycles. The molecule has 27 heavy (non-hydrogen) atoms. The van der Waals surface area contributed by atoms with Crippen molar-refractivity contribution >= 4 is 17.3 Å². The molecule has 0 amide bonds. The van der Waals surface area contributed by atoms with Crippen LogP contribution >= 0.6 is 0 Å². The minimum atomic E-state index is -0.674. The molecule has 0 saturated carbocycles. The lowest BCUT2D eigenvalue weighted by atomic mass is 10.1. The Morgan fingerprint density at radius 1 is 1.19 bits per heavy atom. The lowest BCUT2D eigenvalue weighted by Crippen LogP contribution is -2.16. The molecule has 0 unspecified atom stereocenters. The minimum Gasteiger partial charge on any atom is -0.455 e. The molecule has 1 aromatic heterocycles. The number of esters is 1. The van der Waals surface area contributed by atoms with E-state index in [0.717, 1.165) is 5.56 Å². The maximum Gasteiger partial charge on any atom is 0.340 e. The predicted octanol–water partition coefficient (Wildman–Crippen LogP) is 3.67. The monoisotopic (exact) mass is 367 g/mol. The van der Waals surface area contributed by atoms with Crippen molar-refractivity contribution in [1.29, 1.82) is 0 Å². The van der Waals surface area contributed by atoms with Gasteiger partial charge in [-0.25, -0.2) is 4.79 Å². The number of ether oxygens (including phenoxy) is 1. The largest absolute Gasteiger partial charge is 0.455 e. The summed E-state index contributed by atoms with van der Waals surface area (Å²) in [6.45, 7) is -0.106. The Morgan fingerprint density at radius 2 is 1.93 bits per heavy atom. The Kier molecular flexibility index (Phi) is 5.16. The quantitative estimate of drug-likeness (QED) is 0.372. The van der Waals surface area contributed by atoms with Crippen LogP contribution in [0.25, 0.3) is 11.3 Å². The third-order valence-electron chi connectivity index (χ3n) is 3.86. The topological polar surface area (TPSA) is 98.7 Å². The normalized spacial score (nSPS) is 10.4. The number of hydrogen-bond donors (Lipinski definition) is 0. The van der Waals surface area contributed by atoms with Gasteiger partial charge < -0.3 is 14.2 Å². The van der Waals surface area contributed by atoms with E-state index in [1.165, 1.54) is 18.2 Å². The van der Waals surface area contributed by atoms with Crippen molar-refractivity contribution in [2.75, 3.05) is 19.0 Å². The zero-order valence-electron chi connectivity index (χ0n) is 14.8. The van der Waals surface area contributed by atoms with Crippen LogP contribution in [-0.2, 0) is 11.3 Å². The van der Waals surface area contributed by atoms with Crippen LogP contribution in [0.1, 0.15) is 16.1 Å². The van der Waals surface area contributed by atoms with Crippen LogP contribution in [0.3, 0.4) is 0 Å². The molecule has 0 radical (unpaired) electrons. The van der Waals surface area contributed by atoms with Crippen molar-refractivity contribution in [2.24, 2.45) is 0 Å².